The normalized spacial score (nSPS) is 12.0. The van der Waals surface area contributed by atoms with Crippen molar-refractivity contribution < 1.29 is 13.2 Å². The van der Waals surface area contributed by atoms with Gasteiger partial charge in [-0.1, -0.05) is 28.1 Å². The van der Waals surface area contributed by atoms with Gasteiger partial charge in [-0.15, -0.1) is 0 Å². The molecule has 0 saturated heterocycles. The third-order valence-electron chi connectivity index (χ3n) is 3.62. The Bertz CT molecular complexity index is 952. The van der Waals surface area contributed by atoms with Gasteiger partial charge < -0.3 is 9.72 Å². The highest BCUT2D eigenvalue weighted by molar-refractivity contribution is 9.10. The van der Waals surface area contributed by atoms with E-state index in [0.717, 1.165) is 11.0 Å². The van der Waals surface area contributed by atoms with Crippen molar-refractivity contribution in [1.29, 1.82) is 0 Å². The Kier molecular flexibility index (Phi) is 4.62. The van der Waals surface area contributed by atoms with Crippen LogP contribution in [0.1, 0.15) is 5.82 Å². The molecule has 1 N–H and O–H groups in total. The molecule has 1 aromatic heterocycles. The minimum Gasteiger partial charge on any atom is -0.495 e. The second kappa shape index (κ2) is 6.54. The number of sulfonamides is 1. The summed E-state index contributed by atoms with van der Waals surface area (Å²) in [5.41, 5.74) is 1.68. The van der Waals surface area contributed by atoms with Gasteiger partial charge in [-0.25, -0.2) is 13.4 Å². The van der Waals surface area contributed by atoms with Gasteiger partial charge in [0.15, 0.2) is 0 Å². The van der Waals surface area contributed by atoms with Crippen molar-refractivity contribution >= 4 is 37.0 Å². The number of aromatic amines is 1. The van der Waals surface area contributed by atoms with E-state index in [2.05, 4.69) is 25.9 Å². The first-order valence-corrected chi connectivity index (χ1v) is 9.38. The fourth-order valence-electron chi connectivity index (χ4n) is 2.40. The summed E-state index contributed by atoms with van der Waals surface area (Å²) in [6.07, 6.45) is 0. The molecule has 0 aliphatic heterocycles. The van der Waals surface area contributed by atoms with Crippen LogP contribution in [0.3, 0.4) is 0 Å². The van der Waals surface area contributed by atoms with Crippen LogP contribution in [-0.4, -0.2) is 36.8 Å². The van der Waals surface area contributed by atoms with E-state index in [9.17, 15) is 8.42 Å². The van der Waals surface area contributed by atoms with Gasteiger partial charge in [-0.2, -0.15) is 4.31 Å². The van der Waals surface area contributed by atoms with E-state index in [0.29, 0.717) is 16.0 Å². The molecule has 3 rings (SSSR count). The maximum Gasteiger partial charge on any atom is 0.246 e. The summed E-state index contributed by atoms with van der Waals surface area (Å²) >= 11 is 3.30. The highest BCUT2D eigenvalue weighted by Gasteiger charge is 2.26. The Morgan fingerprint density at radius 3 is 2.71 bits per heavy atom. The van der Waals surface area contributed by atoms with E-state index in [1.807, 2.05) is 24.3 Å². The van der Waals surface area contributed by atoms with E-state index in [4.69, 9.17) is 4.74 Å². The van der Waals surface area contributed by atoms with Gasteiger partial charge in [0, 0.05) is 11.5 Å². The van der Waals surface area contributed by atoms with E-state index < -0.39 is 10.0 Å². The van der Waals surface area contributed by atoms with Crippen molar-refractivity contribution in [2.45, 2.75) is 11.4 Å². The Morgan fingerprint density at radius 2 is 2.00 bits per heavy atom. The highest BCUT2D eigenvalue weighted by Crippen LogP contribution is 2.29. The topological polar surface area (TPSA) is 75.3 Å². The largest absolute Gasteiger partial charge is 0.495 e. The van der Waals surface area contributed by atoms with Gasteiger partial charge in [0.1, 0.15) is 16.5 Å². The lowest BCUT2D eigenvalue weighted by molar-refractivity contribution is 0.397. The van der Waals surface area contributed by atoms with Crippen molar-refractivity contribution in [2.24, 2.45) is 0 Å². The third kappa shape index (κ3) is 3.17. The number of benzene rings is 2. The number of methoxy groups -OCH3 is 1. The number of aromatic nitrogens is 2. The highest BCUT2D eigenvalue weighted by atomic mass is 79.9. The van der Waals surface area contributed by atoms with Crippen LogP contribution >= 0.6 is 15.9 Å². The molecule has 0 radical (unpaired) electrons. The molecule has 1 heterocycles. The first-order valence-electron chi connectivity index (χ1n) is 7.15. The van der Waals surface area contributed by atoms with E-state index in [1.165, 1.54) is 24.5 Å². The first kappa shape index (κ1) is 16.9. The average Bonchev–Trinajstić information content (AvgIpc) is 2.97. The molecule has 2 aromatic carbocycles. The summed E-state index contributed by atoms with van der Waals surface area (Å²) in [5.74, 6) is 0.880. The summed E-state index contributed by atoms with van der Waals surface area (Å²) in [5, 5.41) is 0. The summed E-state index contributed by atoms with van der Waals surface area (Å²) < 4.78 is 32.8. The molecule has 0 amide bonds. The number of nitrogens with one attached hydrogen (secondary N) is 1. The number of ether oxygens (including phenoxy) is 1. The Balaban J connectivity index is 1.93. The zero-order valence-corrected chi connectivity index (χ0v) is 15.6. The smallest absolute Gasteiger partial charge is 0.246 e. The Labute approximate surface area is 148 Å². The van der Waals surface area contributed by atoms with Crippen LogP contribution in [0.2, 0.25) is 0 Å². The first-order chi connectivity index (χ1) is 11.4. The quantitative estimate of drug-likeness (QED) is 0.701. The maximum absolute atomic E-state index is 12.9. The molecule has 0 atom stereocenters. The van der Waals surface area contributed by atoms with Gasteiger partial charge in [0.25, 0.3) is 0 Å². The second-order valence-corrected chi connectivity index (χ2v) is 8.19. The molecule has 3 aromatic rings. The minimum atomic E-state index is -3.72. The van der Waals surface area contributed by atoms with Crippen LogP contribution in [0.5, 0.6) is 5.75 Å². The Hall–Kier alpha value is -1.90. The number of nitrogens with zero attached hydrogens (tertiary/aromatic N) is 2. The fourth-order valence-corrected chi connectivity index (χ4v) is 4.22. The van der Waals surface area contributed by atoms with Gasteiger partial charge in [-0.3, -0.25) is 0 Å². The average molecular weight is 410 g/mol. The molecule has 8 heteroatoms. The van der Waals surface area contributed by atoms with Crippen LogP contribution in [0.4, 0.5) is 0 Å². The van der Waals surface area contributed by atoms with Crippen LogP contribution in [0.25, 0.3) is 11.0 Å². The number of H-pyrrole nitrogens is 1. The molecule has 0 aliphatic carbocycles. The van der Waals surface area contributed by atoms with Crippen molar-refractivity contribution in [3.05, 3.63) is 52.8 Å². The summed E-state index contributed by atoms with van der Waals surface area (Å²) in [6.45, 7) is 0.132. The SMILES string of the molecule is COc1ccc(Br)cc1S(=O)(=O)N(C)Cc1nc2ccccc2[nH]1. The van der Waals surface area contributed by atoms with Gasteiger partial charge in [0.05, 0.1) is 24.7 Å². The number of rotatable bonds is 5. The zero-order chi connectivity index (χ0) is 17.3. The van der Waals surface area contributed by atoms with Gasteiger partial charge >= 0.3 is 0 Å². The van der Waals surface area contributed by atoms with Crippen LogP contribution in [-0.2, 0) is 16.6 Å². The standard InChI is InChI=1S/C16H16BrN3O3S/c1-20(10-16-18-12-5-3-4-6-13(12)19-16)24(21,22)15-9-11(17)7-8-14(15)23-2/h3-9H,10H2,1-2H3,(H,18,19). The van der Waals surface area contributed by atoms with Crippen LogP contribution in [0, 0.1) is 0 Å². The van der Waals surface area contributed by atoms with Crippen LogP contribution in [0.15, 0.2) is 51.8 Å². The fraction of sp³-hybridized carbons (Fsp3) is 0.188. The molecule has 0 unspecified atom stereocenters. The van der Waals surface area contributed by atoms with E-state index in [1.54, 1.807) is 12.1 Å². The summed E-state index contributed by atoms with van der Waals surface area (Å²) in [4.78, 5) is 7.66. The molecule has 24 heavy (non-hydrogen) atoms. The molecule has 0 saturated carbocycles. The second-order valence-electron chi connectivity index (χ2n) is 5.26. The lowest BCUT2D eigenvalue weighted by atomic mass is 10.3. The predicted octanol–water partition coefficient (Wildman–Crippen LogP) is 3.15. The lowest BCUT2D eigenvalue weighted by Gasteiger charge is -2.18. The summed E-state index contributed by atoms with van der Waals surface area (Å²) in [7, 11) is -0.759. The number of hydrogen-bond acceptors (Lipinski definition) is 4. The van der Waals surface area contributed by atoms with Gasteiger partial charge in [0.2, 0.25) is 10.0 Å². The number of para-hydroxylation sites is 2. The van der Waals surface area contributed by atoms with Crippen molar-refractivity contribution in [3.8, 4) is 5.75 Å². The number of fused-ring (bicyclic) bond motifs is 1. The monoisotopic (exact) mass is 409 g/mol. The minimum absolute atomic E-state index is 0.109. The molecule has 126 valence electrons. The molecular formula is C16H16BrN3O3S. The van der Waals surface area contributed by atoms with Crippen molar-refractivity contribution in [1.82, 2.24) is 14.3 Å². The third-order valence-corrected chi connectivity index (χ3v) is 5.94. The number of halogens is 1. The van der Waals surface area contributed by atoms with Gasteiger partial charge in [-0.05, 0) is 30.3 Å². The number of imidazole rings is 1. The Morgan fingerprint density at radius 1 is 1.25 bits per heavy atom. The molecular weight excluding hydrogens is 394 g/mol. The van der Waals surface area contributed by atoms with E-state index >= 15 is 0 Å². The predicted molar refractivity (Wildman–Crippen MR) is 95.4 cm³/mol. The van der Waals surface area contributed by atoms with Crippen LogP contribution < -0.4 is 4.74 Å². The zero-order valence-electron chi connectivity index (χ0n) is 13.2. The molecule has 0 fully saturated rings. The number of hydrogen-bond donors (Lipinski definition) is 1. The summed E-state index contributed by atoms with van der Waals surface area (Å²) in [6, 6.07) is 12.4. The molecule has 6 nitrogen and oxygen atoms in total. The molecule has 0 bridgehead atoms. The van der Waals surface area contributed by atoms with Crippen molar-refractivity contribution in [3.63, 3.8) is 0 Å². The molecule has 0 aliphatic rings. The maximum atomic E-state index is 12.9. The lowest BCUT2D eigenvalue weighted by Crippen LogP contribution is -2.27. The van der Waals surface area contributed by atoms with Crippen molar-refractivity contribution in [2.75, 3.05) is 14.2 Å². The van der Waals surface area contributed by atoms with E-state index in [-0.39, 0.29) is 11.4 Å². The molecule has 0 spiro atoms.